The van der Waals surface area contributed by atoms with Crippen molar-refractivity contribution >= 4 is 34.6 Å². The standard InChI is InChI=1S/C22H32N6O5/c1-13(24)20(30)26-12-19(29)27-18(10-14-11-25-16-7-3-2-6-15(14)16)21(31)28-17(22(32)33)8-4-5-9-23/h2-3,6-7,11,13,17-18,25H,4-5,8-10,12,23-24H2,1H3,(H,26,30)(H,27,29)(H,28,31)(H,32,33). The third-order valence-electron chi connectivity index (χ3n) is 5.15. The van der Waals surface area contributed by atoms with Gasteiger partial charge in [-0.1, -0.05) is 18.2 Å². The zero-order valence-corrected chi connectivity index (χ0v) is 18.6. The van der Waals surface area contributed by atoms with E-state index in [9.17, 15) is 24.3 Å². The molecule has 0 aliphatic heterocycles. The second-order valence-corrected chi connectivity index (χ2v) is 7.87. The molecule has 180 valence electrons. The number of aliphatic carboxylic acids is 1. The van der Waals surface area contributed by atoms with Crippen LogP contribution in [0, 0.1) is 0 Å². The average molecular weight is 461 g/mol. The maximum absolute atomic E-state index is 13.0. The van der Waals surface area contributed by atoms with Crippen LogP contribution in [0.1, 0.15) is 31.7 Å². The number of carbonyl (C=O) groups excluding carboxylic acids is 3. The van der Waals surface area contributed by atoms with Crippen LogP contribution in [0.3, 0.4) is 0 Å². The molecule has 33 heavy (non-hydrogen) atoms. The number of benzene rings is 1. The number of aromatic nitrogens is 1. The number of hydrogen-bond donors (Lipinski definition) is 7. The van der Waals surface area contributed by atoms with Gasteiger partial charge in [0.2, 0.25) is 17.7 Å². The van der Waals surface area contributed by atoms with Crippen LogP contribution in [0.2, 0.25) is 0 Å². The van der Waals surface area contributed by atoms with E-state index in [2.05, 4.69) is 20.9 Å². The minimum absolute atomic E-state index is 0.123. The van der Waals surface area contributed by atoms with Crippen LogP contribution < -0.4 is 27.4 Å². The van der Waals surface area contributed by atoms with E-state index in [0.29, 0.717) is 19.4 Å². The van der Waals surface area contributed by atoms with Gasteiger partial charge in [-0.15, -0.1) is 0 Å². The van der Waals surface area contributed by atoms with Gasteiger partial charge in [0.1, 0.15) is 12.1 Å². The van der Waals surface area contributed by atoms with Crippen LogP contribution in [-0.4, -0.2) is 65.0 Å². The van der Waals surface area contributed by atoms with Crippen molar-refractivity contribution in [2.24, 2.45) is 11.5 Å². The Morgan fingerprint density at radius 3 is 2.45 bits per heavy atom. The van der Waals surface area contributed by atoms with E-state index in [1.807, 2.05) is 24.3 Å². The SMILES string of the molecule is CC(N)C(=O)NCC(=O)NC(Cc1c[nH]c2ccccc12)C(=O)NC(CCCCN)C(=O)O. The number of carboxylic acid groups (broad SMARTS) is 1. The Balaban J connectivity index is 2.16. The molecule has 1 heterocycles. The molecule has 0 aliphatic carbocycles. The lowest BCUT2D eigenvalue weighted by Gasteiger charge is -2.22. The van der Waals surface area contributed by atoms with Gasteiger partial charge in [0.15, 0.2) is 0 Å². The number of nitrogens with two attached hydrogens (primary N) is 2. The summed E-state index contributed by atoms with van der Waals surface area (Å²) in [7, 11) is 0. The number of aromatic amines is 1. The van der Waals surface area contributed by atoms with E-state index >= 15 is 0 Å². The fourth-order valence-electron chi connectivity index (χ4n) is 3.33. The van der Waals surface area contributed by atoms with Crippen molar-refractivity contribution in [3.63, 3.8) is 0 Å². The zero-order chi connectivity index (χ0) is 24.4. The topological polar surface area (TPSA) is 192 Å². The smallest absolute Gasteiger partial charge is 0.326 e. The first kappa shape index (κ1) is 25.8. The number of fused-ring (bicyclic) bond motifs is 1. The van der Waals surface area contributed by atoms with Crippen molar-refractivity contribution in [3.8, 4) is 0 Å². The Kier molecular flexibility index (Phi) is 9.83. The van der Waals surface area contributed by atoms with E-state index < -0.39 is 41.8 Å². The number of hydrogen-bond acceptors (Lipinski definition) is 6. The van der Waals surface area contributed by atoms with E-state index in [1.165, 1.54) is 6.92 Å². The highest BCUT2D eigenvalue weighted by Gasteiger charge is 2.27. The maximum atomic E-state index is 13.0. The summed E-state index contributed by atoms with van der Waals surface area (Å²) in [5, 5.41) is 17.9. The molecular formula is C22H32N6O5. The van der Waals surface area contributed by atoms with Crippen molar-refractivity contribution in [2.75, 3.05) is 13.1 Å². The van der Waals surface area contributed by atoms with Gasteiger partial charge in [-0.25, -0.2) is 4.79 Å². The number of nitrogens with one attached hydrogen (secondary N) is 4. The third-order valence-corrected chi connectivity index (χ3v) is 5.15. The monoisotopic (exact) mass is 460 g/mol. The molecule has 1 aromatic heterocycles. The number of unbranched alkanes of at least 4 members (excludes halogenated alkanes) is 1. The van der Waals surface area contributed by atoms with Crippen molar-refractivity contribution in [1.82, 2.24) is 20.9 Å². The molecular weight excluding hydrogens is 428 g/mol. The molecule has 0 bridgehead atoms. The second-order valence-electron chi connectivity index (χ2n) is 7.87. The minimum Gasteiger partial charge on any atom is -0.480 e. The Bertz CT molecular complexity index is 973. The highest BCUT2D eigenvalue weighted by atomic mass is 16.4. The van der Waals surface area contributed by atoms with Crippen LogP contribution in [0.25, 0.3) is 10.9 Å². The molecule has 2 aromatic rings. The fraction of sp³-hybridized carbons (Fsp3) is 0.455. The second kappa shape index (κ2) is 12.6. The van der Waals surface area contributed by atoms with Gasteiger partial charge >= 0.3 is 5.97 Å². The predicted molar refractivity (Wildman–Crippen MR) is 123 cm³/mol. The third kappa shape index (κ3) is 7.88. The van der Waals surface area contributed by atoms with Crippen molar-refractivity contribution in [3.05, 3.63) is 36.0 Å². The first-order valence-electron chi connectivity index (χ1n) is 10.8. The van der Waals surface area contributed by atoms with Gasteiger partial charge in [0.05, 0.1) is 12.6 Å². The average Bonchev–Trinajstić information content (AvgIpc) is 3.19. The number of rotatable bonds is 13. The number of amides is 3. The summed E-state index contributed by atoms with van der Waals surface area (Å²) in [5.41, 5.74) is 12.6. The molecule has 2 rings (SSSR count). The molecule has 0 spiro atoms. The molecule has 0 aliphatic rings. The normalized spacial score (nSPS) is 13.7. The highest BCUT2D eigenvalue weighted by Crippen LogP contribution is 2.19. The number of carbonyl (C=O) groups is 4. The molecule has 0 radical (unpaired) electrons. The minimum atomic E-state index is -1.17. The molecule has 0 saturated heterocycles. The summed E-state index contributed by atoms with van der Waals surface area (Å²) in [5.74, 6) is -2.90. The lowest BCUT2D eigenvalue weighted by molar-refractivity contribution is -0.142. The largest absolute Gasteiger partial charge is 0.480 e. The summed E-state index contributed by atoms with van der Waals surface area (Å²) in [6.45, 7) is 1.54. The summed E-state index contributed by atoms with van der Waals surface area (Å²) < 4.78 is 0. The molecule has 3 amide bonds. The Morgan fingerprint density at radius 2 is 1.79 bits per heavy atom. The summed E-state index contributed by atoms with van der Waals surface area (Å²) in [6, 6.07) is 4.54. The lowest BCUT2D eigenvalue weighted by Crippen LogP contribution is -2.54. The van der Waals surface area contributed by atoms with Crippen LogP contribution in [-0.2, 0) is 25.6 Å². The molecule has 9 N–H and O–H groups in total. The Labute approximate surface area is 191 Å². The molecule has 3 atom stereocenters. The first-order valence-corrected chi connectivity index (χ1v) is 10.8. The van der Waals surface area contributed by atoms with Gasteiger partial charge in [0, 0.05) is 23.5 Å². The molecule has 11 nitrogen and oxygen atoms in total. The number of H-pyrrole nitrogens is 1. The van der Waals surface area contributed by atoms with Gasteiger partial charge < -0.3 is 37.5 Å². The summed E-state index contributed by atoms with van der Waals surface area (Å²) >= 11 is 0. The van der Waals surface area contributed by atoms with E-state index in [-0.39, 0.29) is 19.4 Å². The van der Waals surface area contributed by atoms with Crippen molar-refractivity contribution < 1.29 is 24.3 Å². The van der Waals surface area contributed by atoms with Gasteiger partial charge in [-0.05, 0) is 44.4 Å². The number of para-hydroxylation sites is 1. The summed E-state index contributed by atoms with van der Waals surface area (Å²) in [4.78, 5) is 51.8. The predicted octanol–water partition coefficient (Wildman–Crippen LogP) is -0.643. The first-order chi connectivity index (χ1) is 15.7. The Hall–Kier alpha value is -3.44. The van der Waals surface area contributed by atoms with Crippen molar-refractivity contribution in [1.29, 1.82) is 0 Å². The summed E-state index contributed by atoms with van der Waals surface area (Å²) in [6.07, 6.45) is 3.25. The van der Waals surface area contributed by atoms with Crippen molar-refractivity contribution in [2.45, 2.75) is 50.7 Å². The lowest BCUT2D eigenvalue weighted by atomic mass is 10.0. The van der Waals surface area contributed by atoms with Gasteiger partial charge in [-0.2, -0.15) is 0 Å². The number of carboxylic acids is 1. The molecule has 1 aromatic carbocycles. The van der Waals surface area contributed by atoms with E-state index in [0.717, 1.165) is 16.5 Å². The van der Waals surface area contributed by atoms with Crippen LogP contribution >= 0.6 is 0 Å². The van der Waals surface area contributed by atoms with Crippen LogP contribution in [0.15, 0.2) is 30.5 Å². The molecule has 3 unspecified atom stereocenters. The van der Waals surface area contributed by atoms with Gasteiger partial charge in [0.25, 0.3) is 0 Å². The van der Waals surface area contributed by atoms with Crippen LogP contribution in [0.4, 0.5) is 0 Å². The molecule has 11 heteroatoms. The Morgan fingerprint density at radius 1 is 1.06 bits per heavy atom. The fourth-order valence-corrected chi connectivity index (χ4v) is 3.33. The van der Waals surface area contributed by atoms with Crippen LogP contribution in [0.5, 0.6) is 0 Å². The maximum Gasteiger partial charge on any atom is 0.326 e. The van der Waals surface area contributed by atoms with E-state index in [1.54, 1.807) is 6.20 Å². The zero-order valence-electron chi connectivity index (χ0n) is 18.6. The highest BCUT2D eigenvalue weighted by molar-refractivity contribution is 5.93. The molecule has 0 saturated carbocycles. The van der Waals surface area contributed by atoms with Gasteiger partial charge in [-0.3, -0.25) is 14.4 Å². The molecule has 0 fully saturated rings. The quantitative estimate of drug-likeness (QED) is 0.193. The van der Waals surface area contributed by atoms with E-state index in [4.69, 9.17) is 11.5 Å².